The van der Waals surface area contributed by atoms with Crippen LogP contribution in [-0.2, 0) is 21.4 Å². The molecule has 1 fully saturated rings. The molecule has 1 aliphatic heterocycles. The molecule has 1 amide bonds. The molecule has 2 aromatic rings. The molecule has 9 heteroatoms. The molecular formula is C23H34N4O3S2. The summed E-state index contributed by atoms with van der Waals surface area (Å²) in [5.41, 5.74) is 2.00. The van der Waals surface area contributed by atoms with E-state index in [-0.39, 0.29) is 22.8 Å². The van der Waals surface area contributed by atoms with E-state index in [1.807, 2.05) is 27.7 Å². The highest BCUT2D eigenvalue weighted by molar-refractivity contribution is 7.89. The van der Waals surface area contributed by atoms with E-state index in [4.69, 9.17) is 0 Å². The van der Waals surface area contributed by atoms with E-state index in [9.17, 15) is 13.2 Å². The van der Waals surface area contributed by atoms with E-state index in [1.165, 1.54) is 4.31 Å². The number of aryl methyl sites for hydroxylation is 1. The van der Waals surface area contributed by atoms with Crippen LogP contribution in [0.15, 0.2) is 34.5 Å². The van der Waals surface area contributed by atoms with Crippen molar-refractivity contribution < 1.29 is 13.2 Å². The van der Waals surface area contributed by atoms with Gasteiger partial charge < -0.3 is 5.32 Å². The molecule has 7 nitrogen and oxygen atoms in total. The summed E-state index contributed by atoms with van der Waals surface area (Å²) >= 11 is 1.67. The molecule has 32 heavy (non-hydrogen) atoms. The highest BCUT2D eigenvalue weighted by Gasteiger charge is 2.27. The van der Waals surface area contributed by atoms with Gasteiger partial charge in [-0.3, -0.25) is 9.69 Å². The average molecular weight is 479 g/mol. The highest BCUT2D eigenvalue weighted by Crippen LogP contribution is 2.23. The fraction of sp³-hybridized carbons (Fsp3) is 0.565. The lowest BCUT2D eigenvalue weighted by molar-refractivity contribution is -0.127. The molecule has 1 saturated heterocycles. The molecule has 1 aromatic carbocycles. The molecule has 0 radical (unpaired) electrons. The lowest BCUT2D eigenvalue weighted by Crippen LogP contribution is -2.41. The zero-order valence-corrected chi connectivity index (χ0v) is 21.0. The smallest absolute Gasteiger partial charge is 0.243 e. The molecule has 1 atom stereocenters. The van der Waals surface area contributed by atoms with Crippen molar-refractivity contribution in [2.24, 2.45) is 5.92 Å². The number of thiazole rings is 1. The molecule has 3 rings (SSSR count). The predicted molar refractivity (Wildman–Crippen MR) is 128 cm³/mol. The van der Waals surface area contributed by atoms with Gasteiger partial charge in [0.1, 0.15) is 0 Å². The Labute approximate surface area is 195 Å². The fourth-order valence-electron chi connectivity index (χ4n) is 4.12. The number of carbonyl (C=O) groups is 1. The molecule has 0 aliphatic carbocycles. The van der Waals surface area contributed by atoms with Crippen molar-refractivity contribution >= 4 is 27.3 Å². The largest absolute Gasteiger partial charge is 0.349 e. The van der Waals surface area contributed by atoms with Crippen LogP contribution in [-0.4, -0.2) is 54.7 Å². The van der Waals surface area contributed by atoms with Crippen LogP contribution in [0.4, 0.5) is 0 Å². The van der Waals surface area contributed by atoms with Gasteiger partial charge in [0, 0.05) is 30.9 Å². The Morgan fingerprint density at radius 1 is 1.22 bits per heavy atom. The molecule has 176 valence electrons. The van der Waals surface area contributed by atoms with Gasteiger partial charge >= 0.3 is 0 Å². The zero-order chi connectivity index (χ0) is 23.3. The second-order valence-corrected chi connectivity index (χ2v) is 11.3. The average Bonchev–Trinajstić information content (AvgIpc) is 3.19. The zero-order valence-electron chi connectivity index (χ0n) is 19.4. The van der Waals surface area contributed by atoms with Crippen LogP contribution in [0.25, 0.3) is 0 Å². The molecule has 0 bridgehead atoms. The Balaban J connectivity index is 1.52. The molecule has 1 aliphatic rings. The van der Waals surface area contributed by atoms with Crippen molar-refractivity contribution in [1.29, 1.82) is 0 Å². The molecular weight excluding hydrogens is 444 g/mol. The number of hydrogen-bond donors (Lipinski definition) is 1. The van der Waals surface area contributed by atoms with Crippen molar-refractivity contribution in [3.05, 3.63) is 45.9 Å². The topological polar surface area (TPSA) is 82.6 Å². The summed E-state index contributed by atoms with van der Waals surface area (Å²) in [5, 5.41) is 6.30. The van der Waals surface area contributed by atoms with E-state index in [0.29, 0.717) is 13.1 Å². The van der Waals surface area contributed by atoms with Crippen LogP contribution in [0.2, 0.25) is 0 Å². The number of sulfonamides is 1. The van der Waals surface area contributed by atoms with Crippen molar-refractivity contribution in [3.8, 4) is 0 Å². The molecule has 1 aromatic heterocycles. The maximum absolute atomic E-state index is 12.8. The third kappa shape index (κ3) is 5.95. The summed E-state index contributed by atoms with van der Waals surface area (Å²) in [7, 11) is -3.47. The van der Waals surface area contributed by atoms with Gasteiger partial charge in [0.25, 0.3) is 0 Å². The minimum Gasteiger partial charge on any atom is -0.349 e. The summed E-state index contributed by atoms with van der Waals surface area (Å²) in [6.45, 7) is 11.1. The first kappa shape index (κ1) is 24.8. The summed E-state index contributed by atoms with van der Waals surface area (Å²) in [4.78, 5) is 20.0. The molecule has 0 spiro atoms. The van der Waals surface area contributed by atoms with Crippen LogP contribution in [0.1, 0.15) is 55.9 Å². The molecule has 1 unspecified atom stereocenters. The minimum atomic E-state index is -3.47. The van der Waals surface area contributed by atoms with Crippen LogP contribution in [0.5, 0.6) is 0 Å². The van der Waals surface area contributed by atoms with E-state index in [2.05, 4.69) is 20.6 Å². The van der Waals surface area contributed by atoms with Crippen LogP contribution in [0, 0.1) is 12.8 Å². The number of nitrogens with zero attached hydrogens (tertiary/aromatic N) is 3. The number of rotatable bonds is 9. The van der Waals surface area contributed by atoms with Crippen LogP contribution >= 0.6 is 11.3 Å². The Bertz CT molecular complexity index is 993. The maximum atomic E-state index is 12.8. The van der Waals surface area contributed by atoms with Crippen molar-refractivity contribution in [2.75, 3.05) is 26.2 Å². The third-order valence-corrected chi connectivity index (χ3v) is 8.98. The van der Waals surface area contributed by atoms with Gasteiger partial charge in [-0.1, -0.05) is 26.0 Å². The first-order valence-electron chi connectivity index (χ1n) is 11.3. The third-order valence-electron chi connectivity index (χ3n) is 6.09. The normalized spacial score (nSPS) is 16.9. The van der Waals surface area contributed by atoms with Gasteiger partial charge in [0.15, 0.2) is 0 Å². The van der Waals surface area contributed by atoms with Crippen molar-refractivity contribution in [3.63, 3.8) is 0 Å². The van der Waals surface area contributed by atoms with Gasteiger partial charge in [0.2, 0.25) is 15.9 Å². The number of nitrogens with one attached hydrogen (secondary N) is 1. The Kier molecular flexibility index (Phi) is 8.43. The number of amides is 1. The summed E-state index contributed by atoms with van der Waals surface area (Å²) in [6.07, 6.45) is 1.67. The Hall–Kier alpha value is -1.81. The first-order chi connectivity index (χ1) is 15.2. The van der Waals surface area contributed by atoms with E-state index in [1.54, 1.807) is 35.6 Å². The monoisotopic (exact) mass is 478 g/mol. The van der Waals surface area contributed by atoms with Gasteiger partial charge in [-0.15, -0.1) is 11.3 Å². The summed E-state index contributed by atoms with van der Waals surface area (Å²) < 4.78 is 26.7. The van der Waals surface area contributed by atoms with Gasteiger partial charge in [-0.05, 0) is 57.5 Å². The number of likely N-dealkylation sites (tertiary alicyclic amines) is 1. The molecule has 2 heterocycles. The quantitative estimate of drug-likeness (QED) is 0.596. The number of aromatic nitrogens is 1. The Morgan fingerprint density at radius 2 is 1.84 bits per heavy atom. The number of benzene rings is 1. The van der Waals surface area contributed by atoms with Gasteiger partial charge in [-0.25, -0.2) is 13.4 Å². The summed E-state index contributed by atoms with van der Waals surface area (Å²) in [5.74, 6) is 0.0784. The standard InChI is InChI=1S/C23H34N4O3S2/c1-5-27(6-2)32(29,30)22-9-7-19(8-10-22)17(3)24-23(28)20-11-13-26(14-12-20)15-21-16-31-18(4)25-21/h7-10,16-17,20H,5-6,11-15H2,1-4H3,(H,24,28). The van der Waals surface area contributed by atoms with Crippen molar-refractivity contribution in [2.45, 2.75) is 58.0 Å². The lowest BCUT2D eigenvalue weighted by Gasteiger charge is -2.31. The number of carbonyl (C=O) groups excluding carboxylic acids is 1. The summed E-state index contributed by atoms with van der Waals surface area (Å²) in [6, 6.07) is 6.66. The highest BCUT2D eigenvalue weighted by atomic mass is 32.2. The lowest BCUT2D eigenvalue weighted by atomic mass is 9.95. The van der Waals surface area contributed by atoms with Gasteiger partial charge in [-0.2, -0.15) is 4.31 Å². The van der Waals surface area contributed by atoms with E-state index in [0.717, 1.165) is 48.7 Å². The van der Waals surface area contributed by atoms with E-state index < -0.39 is 10.0 Å². The van der Waals surface area contributed by atoms with E-state index >= 15 is 0 Å². The maximum Gasteiger partial charge on any atom is 0.243 e. The number of piperidine rings is 1. The SMILES string of the molecule is CCN(CC)S(=O)(=O)c1ccc(C(C)NC(=O)C2CCN(Cc3csc(C)n3)CC2)cc1. The number of hydrogen-bond acceptors (Lipinski definition) is 6. The minimum absolute atomic E-state index is 0.00758. The van der Waals surface area contributed by atoms with Crippen LogP contribution < -0.4 is 5.32 Å². The molecule has 1 N–H and O–H groups in total. The van der Waals surface area contributed by atoms with Gasteiger partial charge in [0.05, 0.1) is 21.6 Å². The fourth-order valence-corrected chi connectivity index (χ4v) is 6.18. The first-order valence-corrected chi connectivity index (χ1v) is 13.6. The van der Waals surface area contributed by atoms with Crippen LogP contribution in [0.3, 0.4) is 0 Å². The second-order valence-electron chi connectivity index (χ2n) is 8.30. The second kappa shape index (κ2) is 10.9. The van der Waals surface area contributed by atoms with Crippen molar-refractivity contribution in [1.82, 2.24) is 19.5 Å². The molecule has 0 saturated carbocycles. The predicted octanol–water partition coefficient (Wildman–Crippen LogP) is 3.57. The Morgan fingerprint density at radius 3 is 2.38 bits per heavy atom.